The van der Waals surface area contributed by atoms with Crippen LogP contribution in [-0.4, -0.2) is 28.4 Å². The van der Waals surface area contributed by atoms with Gasteiger partial charge in [-0.15, -0.1) is 0 Å². The van der Waals surface area contributed by atoms with Crippen molar-refractivity contribution in [1.29, 1.82) is 0 Å². The largest absolute Gasteiger partial charge is 0.462 e. The van der Waals surface area contributed by atoms with Gasteiger partial charge in [0.2, 0.25) is 0 Å². The van der Waals surface area contributed by atoms with Crippen LogP contribution in [0.15, 0.2) is 72.9 Å². The first-order chi connectivity index (χ1) is 14.2. The minimum Gasteiger partial charge on any atom is -0.462 e. The van der Waals surface area contributed by atoms with Crippen molar-refractivity contribution in [1.82, 2.24) is 9.88 Å². The van der Waals surface area contributed by atoms with Crippen LogP contribution in [0, 0.1) is 0 Å². The second-order valence-electron chi connectivity index (χ2n) is 6.70. The van der Waals surface area contributed by atoms with Crippen LogP contribution in [0.25, 0.3) is 0 Å². The highest BCUT2D eigenvalue weighted by Gasteiger charge is 2.37. The van der Waals surface area contributed by atoms with Gasteiger partial charge in [0.1, 0.15) is 6.17 Å². The molecule has 0 saturated carbocycles. The van der Waals surface area contributed by atoms with Crippen molar-refractivity contribution in [3.63, 3.8) is 0 Å². The molecule has 2 heterocycles. The first kappa shape index (κ1) is 18.7. The Hall–Kier alpha value is -3.67. The van der Waals surface area contributed by atoms with Gasteiger partial charge in [0.25, 0.3) is 5.91 Å². The second kappa shape index (κ2) is 8.14. The molecule has 0 spiro atoms. The number of carbonyl (C=O) groups is 2. The monoisotopic (exact) mass is 387 g/mol. The number of anilines is 1. The maximum Gasteiger partial charge on any atom is 0.338 e. The lowest BCUT2D eigenvalue weighted by atomic mass is 10.1. The molecule has 1 amide bonds. The zero-order valence-electron chi connectivity index (χ0n) is 16.0. The van der Waals surface area contributed by atoms with Gasteiger partial charge in [-0.1, -0.05) is 36.4 Å². The maximum atomic E-state index is 13.0. The summed E-state index contributed by atoms with van der Waals surface area (Å²) in [4.78, 5) is 31.3. The number of amides is 1. The maximum absolute atomic E-state index is 13.0. The number of hydrogen-bond acceptors (Lipinski definition) is 5. The van der Waals surface area contributed by atoms with Crippen molar-refractivity contribution in [2.75, 3.05) is 11.9 Å². The smallest absolute Gasteiger partial charge is 0.338 e. The fraction of sp³-hybridized carbons (Fsp3) is 0.174. The standard InChI is InChI=1S/C23H21N3O3/c1-2-29-23(28)17-10-6-11-18(14-17)25-21-20-19(12-7-13-24-20)22(27)26(21)15-16-8-4-3-5-9-16/h3-14,21,25H,2,15H2,1H3. The quantitative estimate of drug-likeness (QED) is 0.647. The fourth-order valence-electron chi connectivity index (χ4n) is 3.43. The van der Waals surface area contributed by atoms with Crippen LogP contribution in [0.1, 0.15) is 45.1 Å². The summed E-state index contributed by atoms with van der Waals surface area (Å²) in [5.41, 5.74) is 3.46. The lowest BCUT2D eigenvalue weighted by Gasteiger charge is -2.26. The molecule has 1 aliphatic heterocycles. The van der Waals surface area contributed by atoms with Crippen molar-refractivity contribution >= 4 is 17.6 Å². The van der Waals surface area contributed by atoms with Gasteiger partial charge in [0.05, 0.1) is 23.4 Å². The molecule has 146 valence electrons. The molecular formula is C23H21N3O3. The molecule has 1 atom stereocenters. The minimum atomic E-state index is -0.434. The van der Waals surface area contributed by atoms with Crippen molar-refractivity contribution in [2.45, 2.75) is 19.6 Å². The Morgan fingerprint density at radius 3 is 2.72 bits per heavy atom. The predicted molar refractivity (Wildman–Crippen MR) is 109 cm³/mol. The molecule has 0 radical (unpaired) electrons. The first-order valence-corrected chi connectivity index (χ1v) is 9.51. The summed E-state index contributed by atoms with van der Waals surface area (Å²) in [7, 11) is 0. The van der Waals surface area contributed by atoms with Gasteiger partial charge in [-0.05, 0) is 42.8 Å². The lowest BCUT2D eigenvalue weighted by molar-refractivity contribution is 0.0526. The normalized spacial score (nSPS) is 15.1. The second-order valence-corrected chi connectivity index (χ2v) is 6.70. The zero-order valence-corrected chi connectivity index (χ0v) is 16.0. The number of pyridine rings is 1. The molecule has 1 N–H and O–H groups in total. The van der Waals surface area contributed by atoms with Crippen LogP contribution in [0.4, 0.5) is 5.69 Å². The van der Waals surface area contributed by atoms with Crippen LogP contribution in [-0.2, 0) is 11.3 Å². The van der Waals surface area contributed by atoms with E-state index < -0.39 is 6.17 Å². The van der Waals surface area contributed by atoms with E-state index in [9.17, 15) is 9.59 Å². The minimum absolute atomic E-state index is 0.0731. The van der Waals surface area contributed by atoms with E-state index in [0.717, 1.165) is 5.56 Å². The molecule has 0 bridgehead atoms. The molecule has 0 fully saturated rings. The number of aromatic nitrogens is 1. The van der Waals surface area contributed by atoms with Crippen molar-refractivity contribution in [3.05, 3.63) is 95.3 Å². The van der Waals surface area contributed by atoms with Crippen LogP contribution < -0.4 is 5.32 Å². The average Bonchev–Trinajstić information content (AvgIpc) is 3.01. The summed E-state index contributed by atoms with van der Waals surface area (Å²) >= 11 is 0. The van der Waals surface area contributed by atoms with Crippen LogP contribution >= 0.6 is 0 Å². The van der Waals surface area contributed by atoms with Crippen LogP contribution in [0.5, 0.6) is 0 Å². The van der Waals surface area contributed by atoms with Gasteiger partial charge in [-0.3, -0.25) is 9.78 Å². The summed E-state index contributed by atoms with van der Waals surface area (Å²) in [5, 5.41) is 3.37. The zero-order chi connectivity index (χ0) is 20.2. The number of rotatable bonds is 6. The molecule has 4 rings (SSSR count). The highest BCUT2D eigenvalue weighted by atomic mass is 16.5. The average molecular weight is 387 g/mol. The van der Waals surface area contributed by atoms with Gasteiger partial charge in [-0.25, -0.2) is 4.79 Å². The molecular weight excluding hydrogens is 366 g/mol. The molecule has 6 heteroatoms. The third-order valence-electron chi connectivity index (χ3n) is 4.77. The molecule has 3 aromatic rings. The Morgan fingerprint density at radius 1 is 1.10 bits per heavy atom. The Bertz CT molecular complexity index is 1040. The third-order valence-corrected chi connectivity index (χ3v) is 4.77. The molecule has 2 aromatic carbocycles. The molecule has 1 aromatic heterocycles. The molecule has 0 aliphatic carbocycles. The highest BCUT2D eigenvalue weighted by Crippen LogP contribution is 2.34. The topological polar surface area (TPSA) is 71.5 Å². The number of fused-ring (bicyclic) bond motifs is 1. The Morgan fingerprint density at radius 2 is 1.93 bits per heavy atom. The van der Waals surface area contributed by atoms with Crippen LogP contribution in [0.3, 0.4) is 0 Å². The van der Waals surface area contributed by atoms with Crippen molar-refractivity contribution in [3.8, 4) is 0 Å². The van der Waals surface area contributed by atoms with E-state index in [4.69, 9.17) is 4.74 Å². The Labute approximate surface area is 169 Å². The number of esters is 1. The van der Waals surface area contributed by atoms with Crippen molar-refractivity contribution < 1.29 is 14.3 Å². The summed E-state index contributed by atoms with van der Waals surface area (Å²) in [5.74, 6) is -0.450. The Kier molecular flexibility index (Phi) is 5.24. The molecule has 29 heavy (non-hydrogen) atoms. The number of carbonyl (C=O) groups excluding carboxylic acids is 2. The van der Waals surface area contributed by atoms with Gasteiger partial charge < -0.3 is 15.0 Å². The van der Waals surface area contributed by atoms with Crippen molar-refractivity contribution in [2.24, 2.45) is 0 Å². The molecule has 6 nitrogen and oxygen atoms in total. The number of benzene rings is 2. The first-order valence-electron chi connectivity index (χ1n) is 9.51. The Balaban J connectivity index is 1.65. The summed E-state index contributed by atoms with van der Waals surface area (Å²) in [6.07, 6.45) is 1.25. The van der Waals surface area contributed by atoms with E-state index in [1.165, 1.54) is 0 Å². The lowest BCUT2D eigenvalue weighted by Crippen LogP contribution is -2.32. The summed E-state index contributed by atoms with van der Waals surface area (Å²) in [6.45, 7) is 2.54. The molecule has 1 aliphatic rings. The number of nitrogens with one attached hydrogen (secondary N) is 1. The van der Waals surface area contributed by atoms with E-state index in [0.29, 0.717) is 35.7 Å². The summed E-state index contributed by atoms with van der Waals surface area (Å²) < 4.78 is 5.08. The number of hydrogen-bond donors (Lipinski definition) is 1. The van der Waals surface area contributed by atoms with E-state index >= 15 is 0 Å². The number of nitrogens with zero attached hydrogens (tertiary/aromatic N) is 2. The van der Waals surface area contributed by atoms with Gasteiger partial charge in [0.15, 0.2) is 0 Å². The van der Waals surface area contributed by atoms with E-state index in [2.05, 4.69) is 10.3 Å². The third kappa shape index (κ3) is 3.82. The van der Waals surface area contributed by atoms with Gasteiger partial charge >= 0.3 is 5.97 Å². The summed E-state index contributed by atoms with van der Waals surface area (Å²) in [6, 6.07) is 20.5. The van der Waals surface area contributed by atoms with Gasteiger partial charge in [-0.2, -0.15) is 0 Å². The van der Waals surface area contributed by atoms with E-state index in [1.807, 2.05) is 36.4 Å². The predicted octanol–water partition coefficient (Wildman–Crippen LogP) is 4.03. The van der Waals surface area contributed by atoms with Crippen LogP contribution in [0.2, 0.25) is 0 Å². The highest BCUT2D eigenvalue weighted by molar-refractivity contribution is 5.99. The van der Waals surface area contributed by atoms with E-state index in [1.54, 1.807) is 48.4 Å². The number of ether oxygens (including phenoxy) is 1. The van der Waals surface area contributed by atoms with Gasteiger partial charge in [0, 0.05) is 18.4 Å². The molecule has 1 unspecified atom stereocenters. The van der Waals surface area contributed by atoms with E-state index in [-0.39, 0.29) is 11.9 Å². The fourth-order valence-corrected chi connectivity index (χ4v) is 3.43. The SMILES string of the molecule is CCOC(=O)c1cccc(NC2c3ncccc3C(=O)N2Cc2ccccc2)c1. The molecule has 0 saturated heterocycles.